The average molecular weight is 340 g/mol. The number of likely N-dealkylation sites (N-methyl/N-ethyl adjacent to an activating group) is 2. The van der Waals surface area contributed by atoms with Crippen LogP contribution in [0.1, 0.15) is 31.2 Å². The maximum atomic E-state index is 12.3. The van der Waals surface area contributed by atoms with Gasteiger partial charge >= 0.3 is 6.03 Å². The second-order valence-corrected chi connectivity index (χ2v) is 6.08. The molecule has 0 aliphatic heterocycles. The van der Waals surface area contributed by atoms with Crippen LogP contribution in [0.3, 0.4) is 0 Å². The lowest BCUT2D eigenvalue weighted by atomic mass is 10.1. The van der Waals surface area contributed by atoms with Crippen LogP contribution in [0.5, 0.6) is 0 Å². The molecule has 0 saturated heterocycles. The van der Waals surface area contributed by atoms with Crippen LogP contribution in [0.15, 0.2) is 17.5 Å². The highest BCUT2D eigenvalue weighted by Gasteiger charge is 2.22. The van der Waals surface area contributed by atoms with E-state index in [2.05, 4.69) is 5.32 Å². The maximum Gasteiger partial charge on any atom is 0.312 e. The molecular formula is C15H24N4O3S. The van der Waals surface area contributed by atoms with E-state index in [1.54, 1.807) is 11.9 Å². The van der Waals surface area contributed by atoms with Gasteiger partial charge in [0.2, 0.25) is 11.8 Å². The van der Waals surface area contributed by atoms with Gasteiger partial charge in [0, 0.05) is 25.0 Å². The quantitative estimate of drug-likeness (QED) is 0.743. The van der Waals surface area contributed by atoms with E-state index in [-0.39, 0.29) is 24.8 Å². The normalized spacial score (nSPS) is 11.6. The van der Waals surface area contributed by atoms with E-state index >= 15 is 0 Å². The summed E-state index contributed by atoms with van der Waals surface area (Å²) in [6, 6.07) is 2.51. The summed E-state index contributed by atoms with van der Waals surface area (Å²) in [6.45, 7) is 5.03. The molecule has 3 N–H and O–H groups in total. The SMILES string of the molecule is CCN(CC)C(=O)CN(C)C(=O)CC(NC(N)=O)c1cccs1. The number of carbonyl (C=O) groups excluding carboxylic acids is 3. The smallest absolute Gasteiger partial charge is 0.312 e. The molecule has 0 spiro atoms. The molecular weight excluding hydrogens is 316 g/mol. The molecule has 1 atom stereocenters. The van der Waals surface area contributed by atoms with Gasteiger partial charge in [-0.25, -0.2) is 4.79 Å². The summed E-state index contributed by atoms with van der Waals surface area (Å²) in [7, 11) is 1.58. The van der Waals surface area contributed by atoms with Crippen molar-refractivity contribution in [1.29, 1.82) is 0 Å². The van der Waals surface area contributed by atoms with Crippen LogP contribution in [0.2, 0.25) is 0 Å². The number of urea groups is 1. The first-order valence-corrected chi connectivity index (χ1v) is 8.38. The van der Waals surface area contributed by atoms with Crippen LogP contribution in [0, 0.1) is 0 Å². The lowest BCUT2D eigenvalue weighted by Gasteiger charge is -2.24. The van der Waals surface area contributed by atoms with Gasteiger partial charge in [-0.15, -0.1) is 11.3 Å². The average Bonchev–Trinajstić information content (AvgIpc) is 3.01. The Morgan fingerprint density at radius 1 is 1.26 bits per heavy atom. The predicted octanol–water partition coefficient (Wildman–Crippen LogP) is 1.17. The molecule has 0 aromatic carbocycles. The van der Waals surface area contributed by atoms with Crippen molar-refractivity contribution < 1.29 is 14.4 Å². The molecule has 0 bridgehead atoms. The van der Waals surface area contributed by atoms with Crippen molar-refractivity contribution in [2.24, 2.45) is 5.73 Å². The van der Waals surface area contributed by atoms with Crippen molar-refractivity contribution in [3.63, 3.8) is 0 Å². The monoisotopic (exact) mass is 340 g/mol. The molecule has 1 unspecified atom stereocenters. The molecule has 0 aliphatic carbocycles. The predicted molar refractivity (Wildman–Crippen MR) is 90.0 cm³/mol. The van der Waals surface area contributed by atoms with E-state index in [0.29, 0.717) is 13.1 Å². The van der Waals surface area contributed by atoms with E-state index in [0.717, 1.165) is 4.88 Å². The first-order chi connectivity index (χ1) is 10.9. The minimum absolute atomic E-state index is 0.0221. The molecule has 7 nitrogen and oxygen atoms in total. The minimum Gasteiger partial charge on any atom is -0.352 e. The van der Waals surface area contributed by atoms with Crippen molar-refractivity contribution >= 4 is 29.2 Å². The van der Waals surface area contributed by atoms with Crippen LogP contribution >= 0.6 is 11.3 Å². The highest BCUT2D eigenvalue weighted by Crippen LogP contribution is 2.22. The van der Waals surface area contributed by atoms with Gasteiger partial charge in [-0.05, 0) is 25.3 Å². The molecule has 0 radical (unpaired) electrons. The summed E-state index contributed by atoms with van der Waals surface area (Å²) < 4.78 is 0. The van der Waals surface area contributed by atoms with Crippen LogP contribution in [0.25, 0.3) is 0 Å². The second-order valence-electron chi connectivity index (χ2n) is 5.10. The molecule has 1 aromatic rings. The van der Waals surface area contributed by atoms with Crippen LogP contribution in [-0.4, -0.2) is 54.3 Å². The molecule has 4 amide bonds. The van der Waals surface area contributed by atoms with Gasteiger partial charge in [0.1, 0.15) is 0 Å². The van der Waals surface area contributed by atoms with Crippen molar-refractivity contribution in [3.8, 4) is 0 Å². The Kier molecular flexibility index (Phi) is 7.53. The number of nitrogens with one attached hydrogen (secondary N) is 1. The number of nitrogens with two attached hydrogens (primary N) is 1. The minimum atomic E-state index is -0.682. The molecule has 0 aliphatic rings. The third kappa shape index (κ3) is 5.90. The molecule has 128 valence electrons. The Balaban J connectivity index is 2.67. The first kappa shape index (κ1) is 19.0. The van der Waals surface area contributed by atoms with Gasteiger partial charge in [0.05, 0.1) is 19.0 Å². The maximum absolute atomic E-state index is 12.3. The van der Waals surface area contributed by atoms with Crippen molar-refractivity contribution in [2.75, 3.05) is 26.7 Å². The number of thiophene rings is 1. The van der Waals surface area contributed by atoms with Gasteiger partial charge in [-0.1, -0.05) is 6.07 Å². The Bertz CT molecular complexity index is 529. The summed E-state index contributed by atoms with van der Waals surface area (Å²) in [5.74, 6) is -0.320. The Morgan fingerprint density at radius 2 is 1.91 bits per heavy atom. The number of carbonyl (C=O) groups is 3. The van der Waals surface area contributed by atoms with Gasteiger partial charge in [-0.2, -0.15) is 0 Å². The Labute approximate surface area is 140 Å². The summed E-state index contributed by atoms with van der Waals surface area (Å²) in [4.78, 5) is 39.4. The fraction of sp³-hybridized carbons (Fsp3) is 0.533. The zero-order chi connectivity index (χ0) is 17.4. The van der Waals surface area contributed by atoms with E-state index in [1.165, 1.54) is 16.2 Å². The second kappa shape index (κ2) is 9.14. The zero-order valence-corrected chi connectivity index (χ0v) is 14.6. The highest BCUT2D eigenvalue weighted by atomic mass is 32.1. The fourth-order valence-electron chi connectivity index (χ4n) is 2.18. The van der Waals surface area contributed by atoms with Gasteiger partial charge in [0.25, 0.3) is 0 Å². The summed E-state index contributed by atoms with van der Waals surface area (Å²) in [6.07, 6.45) is 0.0610. The zero-order valence-electron chi connectivity index (χ0n) is 13.7. The summed E-state index contributed by atoms with van der Waals surface area (Å²) in [5.41, 5.74) is 5.18. The molecule has 0 fully saturated rings. The number of nitrogens with zero attached hydrogens (tertiary/aromatic N) is 2. The van der Waals surface area contributed by atoms with E-state index in [9.17, 15) is 14.4 Å². The van der Waals surface area contributed by atoms with Crippen molar-refractivity contribution in [3.05, 3.63) is 22.4 Å². The van der Waals surface area contributed by atoms with Gasteiger partial charge in [-0.3, -0.25) is 9.59 Å². The summed E-state index contributed by atoms with van der Waals surface area (Å²) in [5, 5.41) is 4.44. The van der Waals surface area contributed by atoms with E-state index in [4.69, 9.17) is 5.73 Å². The Hall–Kier alpha value is -2.09. The van der Waals surface area contributed by atoms with Gasteiger partial charge in [0.15, 0.2) is 0 Å². The topological polar surface area (TPSA) is 95.7 Å². The number of amides is 4. The van der Waals surface area contributed by atoms with Crippen LogP contribution < -0.4 is 11.1 Å². The molecule has 0 saturated carbocycles. The molecule has 8 heteroatoms. The lowest BCUT2D eigenvalue weighted by molar-refractivity contribution is -0.139. The molecule has 23 heavy (non-hydrogen) atoms. The third-order valence-electron chi connectivity index (χ3n) is 3.50. The first-order valence-electron chi connectivity index (χ1n) is 7.50. The number of hydrogen-bond acceptors (Lipinski definition) is 4. The molecule has 1 rings (SSSR count). The molecule has 1 heterocycles. The summed E-state index contributed by atoms with van der Waals surface area (Å²) >= 11 is 1.44. The lowest BCUT2D eigenvalue weighted by Crippen LogP contribution is -2.42. The van der Waals surface area contributed by atoms with Crippen LogP contribution in [0.4, 0.5) is 4.79 Å². The molecule has 1 aromatic heterocycles. The van der Waals surface area contributed by atoms with Gasteiger partial charge < -0.3 is 20.9 Å². The largest absolute Gasteiger partial charge is 0.352 e. The third-order valence-corrected chi connectivity index (χ3v) is 4.48. The van der Waals surface area contributed by atoms with Crippen molar-refractivity contribution in [1.82, 2.24) is 15.1 Å². The Morgan fingerprint density at radius 3 is 2.39 bits per heavy atom. The number of hydrogen-bond donors (Lipinski definition) is 2. The van der Waals surface area contributed by atoms with Crippen molar-refractivity contribution in [2.45, 2.75) is 26.3 Å². The number of primary amides is 1. The standard InChI is InChI=1S/C15H24N4O3S/c1-4-19(5-2)14(21)10-18(3)13(20)9-11(17-15(16)22)12-7-6-8-23-12/h6-8,11H,4-5,9-10H2,1-3H3,(H3,16,17,22). The highest BCUT2D eigenvalue weighted by molar-refractivity contribution is 7.10. The van der Waals surface area contributed by atoms with E-state index < -0.39 is 12.1 Å². The van der Waals surface area contributed by atoms with Crippen LogP contribution in [-0.2, 0) is 9.59 Å². The van der Waals surface area contributed by atoms with E-state index in [1.807, 2.05) is 31.4 Å². The fourth-order valence-corrected chi connectivity index (χ4v) is 2.96. The number of rotatable bonds is 8.